The average molecular weight is 291 g/mol. The molecule has 1 N–H and O–H groups in total. The fraction of sp³-hybridized carbons (Fsp3) is 0.429. The van der Waals surface area contributed by atoms with E-state index >= 15 is 0 Å². The van der Waals surface area contributed by atoms with Crippen molar-refractivity contribution in [2.75, 3.05) is 11.9 Å². The number of hydrogen-bond donors (Lipinski definition) is 1. The molecule has 112 valence electrons. The zero-order valence-electron chi connectivity index (χ0n) is 12.0. The number of anilines is 1. The summed E-state index contributed by atoms with van der Waals surface area (Å²) in [5, 5.41) is 13.9. The Kier molecular flexibility index (Phi) is 4.21. The fourth-order valence-electron chi connectivity index (χ4n) is 2.59. The van der Waals surface area contributed by atoms with Crippen LogP contribution in [0.1, 0.15) is 31.4 Å². The number of nitro benzene ring substituents is 1. The normalized spacial score (nSPS) is 14.1. The predicted octanol–water partition coefficient (Wildman–Crippen LogP) is 1.85. The molecule has 0 aliphatic carbocycles. The molecule has 2 rings (SSSR count). The SMILES string of the molecule is CC(=O)Nc1ccc2c(c1[N+](=O)[O-])CN(C(C)=O)CCC2. The van der Waals surface area contributed by atoms with Gasteiger partial charge in [0.05, 0.1) is 17.0 Å². The molecule has 0 bridgehead atoms. The van der Waals surface area contributed by atoms with Crippen LogP contribution >= 0.6 is 0 Å². The van der Waals surface area contributed by atoms with Crippen LogP contribution in [0.3, 0.4) is 0 Å². The van der Waals surface area contributed by atoms with E-state index in [1.54, 1.807) is 17.0 Å². The van der Waals surface area contributed by atoms with E-state index in [9.17, 15) is 19.7 Å². The summed E-state index contributed by atoms with van der Waals surface area (Å²) >= 11 is 0. The molecule has 0 spiro atoms. The van der Waals surface area contributed by atoms with Gasteiger partial charge in [-0.2, -0.15) is 0 Å². The summed E-state index contributed by atoms with van der Waals surface area (Å²) in [5.41, 5.74) is 1.44. The Morgan fingerprint density at radius 2 is 2.05 bits per heavy atom. The molecular formula is C14H17N3O4. The summed E-state index contributed by atoms with van der Waals surface area (Å²) in [4.78, 5) is 35.3. The molecule has 0 saturated carbocycles. The highest BCUT2D eigenvalue weighted by Gasteiger charge is 2.27. The third-order valence-electron chi connectivity index (χ3n) is 3.54. The van der Waals surface area contributed by atoms with Gasteiger partial charge < -0.3 is 10.2 Å². The molecule has 0 aromatic heterocycles. The molecule has 1 aliphatic heterocycles. The van der Waals surface area contributed by atoms with Crippen molar-refractivity contribution in [1.29, 1.82) is 0 Å². The van der Waals surface area contributed by atoms with Crippen LogP contribution in [-0.4, -0.2) is 28.2 Å². The molecule has 0 unspecified atom stereocenters. The van der Waals surface area contributed by atoms with Crippen molar-refractivity contribution in [2.24, 2.45) is 0 Å². The lowest BCUT2D eigenvalue weighted by Crippen LogP contribution is -2.28. The maximum Gasteiger partial charge on any atom is 0.297 e. The van der Waals surface area contributed by atoms with E-state index in [4.69, 9.17) is 0 Å². The first-order chi connectivity index (χ1) is 9.90. The van der Waals surface area contributed by atoms with Gasteiger partial charge in [-0.1, -0.05) is 6.07 Å². The lowest BCUT2D eigenvalue weighted by Gasteiger charge is -2.19. The predicted molar refractivity (Wildman–Crippen MR) is 76.8 cm³/mol. The van der Waals surface area contributed by atoms with E-state index in [2.05, 4.69) is 5.32 Å². The van der Waals surface area contributed by atoms with Crippen molar-refractivity contribution in [3.8, 4) is 0 Å². The first kappa shape index (κ1) is 15.0. The number of nitrogens with zero attached hydrogens (tertiary/aromatic N) is 2. The first-order valence-electron chi connectivity index (χ1n) is 6.72. The minimum absolute atomic E-state index is 0.109. The third-order valence-corrected chi connectivity index (χ3v) is 3.54. The number of carbonyl (C=O) groups is 2. The molecule has 0 atom stereocenters. The number of nitrogens with one attached hydrogen (secondary N) is 1. The molecule has 7 heteroatoms. The lowest BCUT2D eigenvalue weighted by molar-refractivity contribution is -0.384. The molecule has 7 nitrogen and oxygen atoms in total. The second kappa shape index (κ2) is 5.90. The summed E-state index contributed by atoms with van der Waals surface area (Å²) in [5.74, 6) is -0.475. The zero-order valence-corrected chi connectivity index (χ0v) is 12.0. The van der Waals surface area contributed by atoms with Gasteiger partial charge in [-0.25, -0.2) is 0 Å². The van der Waals surface area contributed by atoms with E-state index in [1.165, 1.54) is 13.8 Å². The minimum Gasteiger partial charge on any atom is -0.338 e. The van der Waals surface area contributed by atoms with E-state index in [-0.39, 0.29) is 29.7 Å². The highest BCUT2D eigenvalue weighted by atomic mass is 16.6. The molecule has 1 aromatic rings. The van der Waals surface area contributed by atoms with Crippen molar-refractivity contribution >= 4 is 23.2 Å². The smallest absolute Gasteiger partial charge is 0.297 e. The van der Waals surface area contributed by atoms with Crippen LogP contribution in [0.4, 0.5) is 11.4 Å². The topological polar surface area (TPSA) is 92.5 Å². The van der Waals surface area contributed by atoms with Crippen LogP contribution in [0.2, 0.25) is 0 Å². The van der Waals surface area contributed by atoms with Gasteiger partial charge in [0, 0.05) is 20.4 Å². The number of carbonyl (C=O) groups excluding carboxylic acids is 2. The van der Waals surface area contributed by atoms with E-state index in [1.807, 2.05) is 0 Å². The van der Waals surface area contributed by atoms with Gasteiger partial charge in [0.25, 0.3) is 5.69 Å². The Labute approximate surface area is 122 Å². The molecular weight excluding hydrogens is 274 g/mol. The lowest BCUT2D eigenvalue weighted by atomic mass is 10.0. The summed E-state index contributed by atoms with van der Waals surface area (Å²) in [6.45, 7) is 3.54. The van der Waals surface area contributed by atoms with Gasteiger partial charge in [0.2, 0.25) is 11.8 Å². The largest absolute Gasteiger partial charge is 0.338 e. The highest BCUT2D eigenvalue weighted by molar-refractivity contribution is 5.92. The maximum absolute atomic E-state index is 11.6. The van der Waals surface area contributed by atoms with Crippen LogP contribution < -0.4 is 5.32 Å². The van der Waals surface area contributed by atoms with Crippen LogP contribution in [0.15, 0.2) is 12.1 Å². The van der Waals surface area contributed by atoms with Gasteiger partial charge in [0.15, 0.2) is 0 Å². The van der Waals surface area contributed by atoms with Crippen LogP contribution in [0.25, 0.3) is 0 Å². The Morgan fingerprint density at radius 1 is 1.33 bits per heavy atom. The molecule has 1 aliphatic rings. The Morgan fingerprint density at radius 3 is 2.62 bits per heavy atom. The second-order valence-electron chi connectivity index (χ2n) is 5.08. The van der Waals surface area contributed by atoms with Gasteiger partial charge >= 0.3 is 0 Å². The summed E-state index contributed by atoms with van der Waals surface area (Å²) < 4.78 is 0. The Hall–Kier alpha value is -2.44. The number of aryl methyl sites for hydroxylation is 1. The number of rotatable bonds is 2. The van der Waals surface area contributed by atoms with Gasteiger partial charge in [-0.3, -0.25) is 19.7 Å². The number of amides is 2. The average Bonchev–Trinajstić information content (AvgIpc) is 2.59. The third kappa shape index (κ3) is 3.18. The van der Waals surface area contributed by atoms with Gasteiger partial charge in [-0.05, 0) is 24.5 Å². The van der Waals surface area contributed by atoms with E-state index < -0.39 is 4.92 Å². The molecule has 1 heterocycles. The summed E-state index contributed by atoms with van der Waals surface area (Å²) in [6.07, 6.45) is 1.45. The van der Waals surface area contributed by atoms with Crippen LogP contribution in [0.5, 0.6) is 0 Å². The van der Waals surface area contributed by atoms with Gasteiger partial charge in [-0.15, -0.1) is 0 Å². The maximum atomic E-state index is 11.6. The Bertz CT molecular complexity index is 612. The van der Waals surface area contributed by atoms with Gasteiger partial charge in [0.1, 0.15) is 5.69 Å². The molecule has 21 heavy (non-hydrogen) atoms. The van der Waals surface area contributed by atoms with Crippen molar-refractivity contribution in [1.82, 2.24) is 4.90 Å². The molecule has 0 fully saturated rings. The summed E-state index contributed by atoms with van der Waals surface area (Å²) in [6, 6.07) is 3.35. The number of fused-ring (bicyclic) bond motifs is 1. The number of hydrogen-bond acceptors (Lipinski definition) is 4. The second-order valence-corrected chi connectivity index (χ2v) is 5.08. The molecule has 0 saturated heterocycles. The van der Waals surface area contributed by atoms with Crippen LogP contribution in [0, 0.1) is 10.1 Å². The molecule has 1 aromatic carbocycles. The standard InChI is InChI=1S/C14H17N3O4/c1-9(18)15-13-6-5-11-4-3-7-16(10(2)19)8-12(11)14(13)17(20)21/h5-6H,3-4,7-8H2,1-2H3,(H,15,18). The fourth-order valence-corrected chi connectivity index (χ4v) is 2.59. The zero-order chi connectivity index (χ0) is 15.6. The number of nitro groups is 1. The van der Waals surface area contributed by atoms with Crippen molar-refractivity contribution < 1.29 is 14.5 Å². The van der Waals surface area contributed by atoms with Crippen LogP contribution in [-0.2, 0) is 22.6 Å². The molecule has 0 radical (unpaired) electrons. The summed E-state index contributed by atoms with van der Waals surface area (Å²) in [7, 11) is 0. The minimum atomic E-state index is -0.492. The monoisotopic (exact) mass is 291 g/mol. The van der Waals surface area contributed by atoms with Crippen molar-refractivity contribution in [3.05, 3.63) is 33.4 Å². The van der Waals surface area contributed by atoms with E-state index in [0.29, 0.717) is 18.5 Å². The van der Waals surface area contributed by atoms with Crippen molar-refractivity contribution in [2.45, 2.75) is 33.2 Å². The Balaban J connectivity index is 2.54. The van der Waals surface area contributed by atoms with E-state index in [0.717, 1.165) is 12.0 Å². The highest BCUT2D eigenvalue weighted by Crippen LogP contribution is 2.34. The quantitative estimate of drug-likeness (QED) is 0.664. The molecule has 2 amide bonds. The van der Waals surface area contributed by atoms with Crippen molar-refractivity contribution in [3.63, 3.8) is 0 Å². The number of benzene rings is 1. The first-order valence-corrected chi connectivity index (χ1v) is 6.72.